The van der Waals surface area contributed by atoms with Gasteiger partial charge in [0.05, 0.1) is 19.3 Å². The molecule has 7 heteroatoms. The topological polar surface area (TPSA) is 67.6 Å². The van der Waals surface area contributed by atoms with Gasteiger partial charge in [0, 0.05) is 26.1 Å². The minimum atomic E-state index is 0. The Morgan fingerprint density at radius 2 is 1.87 bits per heavy atom. The fourth-order valence-electron chi connectivity index (χ4n) is 2.58. The maximum atomic E-state index is 11.8. The van der Waals surface area contributed by atoms with Gasteiger partial charge >= 0.3 is 0 Å². The lowest BCUT2D eigenvalue weighted by atomic mass is 10.0. The average molecular weight is 364 g/mol. The summed E-state index contributed by atoms with van der Waals surface area (Å²) in [7, 11) is 0. The molecule has 1 aromatic rings. The third-order valence-electron chi connectivity index (χ3n) is 3.77. The van der Waals surface area contributed by atoms with Crippen molar-refractivity contribution in [2.24, 2.45) is 5.73 Å². The van der Waals surface area contributed by atoms with Crippen molar-refractivity contribution < 1.29 is 9.53 Å². The van der Waals surface area contributed by atoms with Crippen molar-refractivity contribution in [1.29, 1.82) is 0 Å². The Labute approximate surface area is 150 Å². The number of hydrogen-bond acceptors (Lipinski definition) is 4. The number of rotatable bonds is 7. The van der Waals surface area contributed by atoms with Crippen LogP contribution < -0.4 is 11.1 Å². The fourth-order valence-corrected chi connectivity index (χ4v) is 2.58. The molecule has 1 aliphatic heterocycles. The zero-order valence-corrected chi connectivity index (χ0v) is 14.9. The van der Waals surface area contributed by atoms with E-state index < -0.39 is 0 Å². The van der Waals surface area contributed by atoms with E-state index in [4.69, 9.17) is 10.5 Å². The van der Waals surface area contributed by atoms with E-state index in [0.29, 0.717) is 19.5 Å². The molecule has 0 spiro atoms. The molecule has 0 bridgehead atoms. The minimum absolute atomic E-state index is 0. The minimum Gasteiger partial charge on any atom is -0.379 e. The van der Waals surface area contributed by atoms with Crippen LogP contribution in [0.5, 0.6) is 0 Å². The van der Waals surface area contributed by atoms with Gasteiger partial charge in [0.25, 0.3) is 0 Å². The number of hydrogen-bond donors (Lipinski definition) is 2. The molecule has 0 radical (unpaired) electrons. The lowest BCUT2D eigenvalue weighted by Crippen LogP contribution is -2.43. The summed E-state index contributed by atoms with van der Waals surface area (Å²) in [6.07, 6.45) is 1.24. The normalized spacial score (nSPS) is 15.9. The van der Waals surface area contributed by atoms with Crippen LogP contribution in [-0.4, -0.2) is 50.2 Å². The van der Waals surface area contributed by atoms with Gasteiger partial charge in [-0.2, -0.15) is 0 Å². The summed E-state index contributed by atoms with van der Waals surface area (Å²) in [5.41, 5.74) is 6.67. The number of halogens is 2. The van der Waals surface area contributed by atoms with Crippen molar-refractivity contribution >= 4 is 30.7 Å². The highest BCUT2D eigenvalue weighted by molar-refractivity contribution is 5.85. The van der Waals surface area contributed by atoms with E-state index in [9.17, 15) is 4.79 Å². The first-order valence-corrected chi connectivity index (χ1v) is 7.65. The Kier molecular flexibility index (Phi) is 12.1. The van der Waals surface area contributed by atoms with Gasteiger partial charge in [0.2, 0.25) is 5.91 Å². The van der Waals surface area contributed by atoms with E-state index in [1.807, 2.05) is 18.2 Å². The van der Waals surface area contributed by atoms with Crippen LogP contribution in [0.3, 0.4) is 0 Å². The number of carbonyl (C=O) groups is 1. The lowest BCUT2D eigenvalue weighted by molar-refractivity contribution is -0.121. The van der Waals surface area contributed by atoms with Crippen LogP contribution >= 0.6 is 24.8 Å². The van der Waals surface area contributed by atoms with Crippen LogP contribution in [0.25, 0.3) is 0 Å². The number of amides is 1. The molecule has 1 fully saturated rings. The molecule has 0 saturated carbocycles. The van der Waals surface area contributed by atoms with Gasteiger partial charge in [-0.05, 0) is 18.5 Å². The Balaban J connectivity index is 0.00000242. The molecule has 5 nitrogen and oxygen atoms in total. The monoisotopic (exact) mass is 363 g/mol. The highest BCUT2D eigenvalue weighted by Gasteiger charge is 2.22. The highest BCUT2D eigenvalue weighted by atomic mass is 35.5. The van der Waals surface area contributed by atoms with Crippen LogP contribution in [0.1, 0.15) is 24.4 Å². The summed E-state index contributed by atoms with van der Waals surface area (Å²) in [5.74, 6) is 0.0784. The van der Waals surface area contributed by atoms with Crippen molar-refractivity contribution in [3.8, 4) is 0 Å². The van der Waals surface area contributed by atoms with Crippen molar-refractivity contribution in [2.45, 2.75) is 18.9 Å². The number of nitrogens with zero attached hydrogens (tertiary/aromatic N) is 1. The number of benzene rings is 1. The number of morpholine rings is 1. The van der Waals surface area contributed by atoms with E-state index in [2.05, 4.69) is 22.3 Å². The molecule has 0 aliphatic carbocycles. The van der Waals surface area contributed by atoms with Crippen molar-refractivity contribution in [3.63, 3.8) is 0 Å². The first-order chi connectivity index (χ1) is 10.3. The predicted molar refractivity (Wildman–Crippen MR) is 97.4 cm³/mol. The summed E-state index contributed by atoms with van der Waals surface area (Å²) >= 11 is 0. The van der Waals surface area contributed by atoms with Gasteiger partial charge in [-0.15, -0.1) is 24.8 Å². The summed E-state index contributed by atoms with van der Waals surface area (Å²) in [4.78, 5) is 14.2. The van der Waals surface area contributed by atoms with Crippen LogP contribution in [0.2, 0.25) is 0 Å². The molecule has 1 heterocycles. The second-order valence-corrected chi connectivity index (χ2v) is 5.27. The third-order valence-corrected chi connectivity index (χ3v) is 3.77. The van der Waals surface area contributed by atoms with Gasteiger partial charge in [0.15, 0.2) is 0 Å². The summed E-state index contributed by atoms with van der Waals surface area (Å²) < 4.78 is 5.42. The molecule has 3 N–H and O–H groups in total. The van der Waals surface area contributed by atoms with E-state index in [1.54, 1.807) is 0 Å². The average Bonchev–Trinajstić information content (AvgIpc) is 2.55. The Morgan fingerprint density at radius 3 is 2.48 bits per heavy atom. The van der Waals surface area contributed by atoms with Crippen molar-refractivity contribution in [2.75, 3.05) is 39.4 Å². The van der Waals surface area contributed by atoms with Gasteiger partial charge in [-0.1, -0.05) is 30.3 Å². The van der Waals surface area contributed by atoms with Crippen LogP contribution in [0, 0.1) is 0 Å². The molecule has 0 aromatic heterocycles. The largest absolute Gasteiger partial charge is 0.379 e. The Hall–Kier alpha value is -0.850. The molecule has 132 valence electrons. The number of carbonyl (C=O) groups excluding carboxylic acids is 1. The first kappa shape index (κ1) is 22.1. The highest BCUT2D eigenvalue weighted by Crippen LogP contribution is 2.21. The SMILES string of the molecule is Cl.Cl.NCCCC(=O)NCC(c1ccccc1)N1CCOCC1. The zero-order valence-electron chi connectivity index (χ0n) is 13.3. The smallest absolute Gasteiger partial charge is 0.220 e. The van der Waals surface area contributed by atoms with Gasteiger partial charge < -0.3 is 15.8 Å². The maximum Gasteiger partial charge on any atom is 0.220 e. The number of nitrogens with one attached hydrogen (secondary N) is 1. The van der Waals surface area contributed by atoms with Crippen molar-refractivity contribution in [3.05, 3.63) is 35.9 Å². The summed E-state index contributed by atoms with van der Waals surface area (Å²) in [6.45, 7) is 4.50. The van der Waals surface area contributed by atoms with E-state index in [1.165, 1.54) is 5.56 Å². The second kappa shape index (κ2) is 12.6. The van der Waals surface area contributed by atoms with Crippen molar-refractivity contribution in [1.82, 2.24) is 10.2 Å². The maximum absolute atomic E-state index is 11.8. The van der Waals surface area contributed by atoms with Gasteiger partial charge in [0.1, 0.15) is 0 Å². The van der Waals surface area contributed by atoms with Crippen LogP contribution in [0.15, 0.2) is 30.3 Å². The number of ether oxygens (including phenoxy) is 1. The van der Waals surface area contributed by atoms with Crippen LogP contribution in [0.4, 0.5) is 0 Å². The van der Waals surface area contributed by atoms with E-state index in [0.717, 1.165) is 32.7 Å². The van der Waals surface area contributed by atoms with Crippen LogP contribution in [-0.2, 0) is 9.53 Å². The molecule has 1 unspecified atom stereocenters. The molecule has 1 aliphatic rings. The molecule has 1 amide bonds. The first-order valence-electron chi connectivity index (χ1n) is 7.65. The summed E-state index contributed by atoms with van der Waals surface area (Å²) in [6, 6.07) is 10.5. The van der Waals surface area contributed by atoms with Gasteiger partial charge in [-0.3, -0.25) is 9.69 Å². The third kappa shape index (κ3) is 7.50. The predicted octanol–water partition coefficient (Wildman–Crippen LogP) is 1.76. The summed E-state index contributed by atoms with van der Waals surface area (Å²) in [5, 5.41) is 3.04. The fraction of sp³-hybridized carbons (Fsp3) is 0.562. The van der Waals surface area contributed by atoms with Gasteiger partial charge in [-0.25, -0.2) is 0 Å². The molecular weight excluding hydrogens is 337 g/mol. The zero-order chi connectivity index (χ0) is 14.9. The Morgan fingerprint density at radius 1 is 1.22 bits per heavy atom. The molecule has 2 rings (SSSR count). The van der Waals surface area contributed by atoms with E-state index in [-0.39, 0.29) is 36.8 Å². The molecular formula is C16H27Cl2N3O2. The lowest BCUT2D eigenvalue weighted by Gasteiger charge is -2.35. The molecule has 1 saturated heterocycles. The van der Waals surface area contributed by atoms with E-state index >= 15 is 0 Å². The standard InChI is InChI=1S/C16H25N3O2.2ClH/c17-8-4-7-16(20)18-13-15(14-5-2-1-3-6-14)19-9-11-21-12-10-19;;/h1-3,5-6,15H,4,7-13,17H2,(H,18,20);2*1H. The molecule has 23 heavy (non-hydrogen) atoms. The molecule has 1 atom stereocenters. The quantitative estimate of drug-likeness (QED) is 0.774. The molecule has 1 aromatic carbocycles. The second-order valence-electron chi connectivity index (χ2n) is 5.27. The Bertz CT molecular complexity index is 429. The number of nitrogens with two attached hydrogens (primary N) is 1.